The Hall–Kier alpha value is -1.71. The van der Waals surface area contributed by atoms with Crippen LogP contribution in [0.25, 0.3) is 11.5 Å². The van der Waals surface area contributed by atoms with Gasteiger partial charge < -0.3 is 4.42 Å². The first-order valence-corrected chi connectivity index (χ1v) is 8.51. The van der Waals surface area contributed by atoms with Crippen LogP contribution in [0.4, 0.5) is 0 Å². The van der Waals surface area contributed by atoms with Crippen molar-refractivity contribution >= 4 is 0 Å². The van der Waals surface area contributed by atoms with Crippen molar-refractivity contribution in [1.82, 2.24) is 15.2 Å². The molecule has 0 aliphatic heterocycles. The van der Waals surface area contributed by atoms with E-state index < -0.39 is 0 Å². The maximum Gasteiger partial charge on any atom is 0.247 e. The van der Waals surface area contributed by atoms with Gasteiger partial charge in [0, 0.05) is 24.4 Å². The molecule has 4 aliphatic rings. The van der Waals surface area contributed by atoms with Crippen molar-refractivity contribution in [1.29, 1.82) is 0 Å². The summed E-state index contributed by atoms with van der Waals surface area (Å²) >= 11 is 0. The lowest BCUT2D eigenvalue weighted by molar-refractivity contribution is -0.0550. The lowest BCUT2D eigenvalue weighted by Gasteiger charge is -2.56. The van der Waals surface area contributed by atoms with Gasteiger partial charge in [0.15, 0.2) is 0 Å². The standard InChI is InChI=1S/C18H21N3O/c1-3-19-4-2-15(1)17-21-20-16(22-17)11-18-8-12-5-13(9-18)7-14(6-12)10-18/h1-4,12-14H,5-11H2. The van der Waals surface area contributed by atoms with Crippen molar-refractivity contribution in [3.63, 3.8) is 0 Å². The van der Waals surface area contributed by atoms with Gasteiger partial charge in [-0.05, 0) is 73.8 Å². The second kappa shape index (κ2) is 4.64. The van der Waals surface area contributed by atoms with Crippen LogP contribution >= 0.6 is 0 Å². The normalized spacial score (nSPS) is 35.9. The van der Waals surface area contributed by atoms with Crippen LogP contribution in [-0.4, -0.2) is 15.2 Å². The molecule has 0 N–H and O–H groups in total. The Kier molecular flexibility index (Phi) is 2.70. The second-order valence-corrected chi connectivity index (χ2v) is 7.83. The molecule has 4 heteroatoms. The van der Waals surface area contributed by atoms with Gasteiger partial charge in [0.25, 0.3) is 0 Å². The molecule has 2 heterocycles. The molecule has 4 aliphatic carbocycles. The van der Waals surface area contributed by atoms with Crippen LogP contribution in [0.1, 0.15) is 44.4 Å². The molecule has 2 aromatic heterocycles. The van der Waals surface area contributed by atoms with E-state index in [1.54, 1.807) is 12.4 Å². The summed E-state index contributed by atoms with van der Waals surface area (Å²) < 4.78 is 5.96. The molecule has 22 heavy (non-hydrogen) atoms. The summed E-state index contributed by atoms with van der Waals surface area (Å²) in [5.74, 6) is 4.35. The quantitative estimate of drug-likeness (QED) is 0.862. The largest absolute Gasteiger partial charge is 0.421 e. The number of hydrogen-bond donors (Lipinski definition) is 0. The summed E-state index contributed by atoms with van der Waals surface area (Å²) in [7, 11) is 0. The van der Waals surface area contributed by atoms with Gasteiger partial charge in [-0.3, -0.25) is 4.98 Å². The molecule has 0 aromatic carbocycles. The van der Waals surface area contributed by atoms with Crippen LogP contribution in [0, 0.1) is 23.2 Å². The molecule has 0 spiro atoms. The molecule has 4 fully saturated rings. The van der Waals surface area contributed by atoms with E-state index in [-0.39, 0.29) is 0 Å². The number of pyridine rings is 1. The average Bonchev–Trinajstić information content (AvgIpc) is 2.94. The van der Waals surface area contributed by atoms with Crippen LogP contribution in [0.15, 0.2) is 28.9 Å². The molecule has 114 valence electrons. The van der Waals surface area contributed by atoms with Crippen LogP contribution in [0.2, 0.25) is 0 Å². The minimum atomic E-state index is 0.455. The summed E-state index contributed by atoms with van der Waals surface area (Å²) in [4.78, 5) is 4.03. The smallest absolute Gasteiger partial charge is 0.247 e. The SMILES string of the molecule is c1cc(-c2nnc(CC34CC5CC(CC(C5)C3)C4)o2)ccn1. The molecule has 0 amide bonds. The fourth-order valence-electron chi connectivity index (χ4n) is 5.76. The molecule has 0 unspecified atom stereocenters. The predicted octanol–water partition coefficient (Wildman–Crippen LogP) is 3.89. The Morgan fingerprint density at radius 2 is 1.59 bits per heavy atom. The zero-order valence-corrected chi connectivity index (χ0v) is 12.7. The van der Waals surface area contributed by atoms with E-state index in [1.807, 2.05) is 12.1 Å². The zero-order valence-electron chi connectivity index (χ0n) is 12.7. The van der Waals surface area contributed by atoms with Gasteiger partial charge in [0.05, 0.1) is 0 Å². The van der Waals surface area contributed by atoms with E-state index >= 15 is 0 Å². The average molecular weight is 295 g/mol. The molecule has 0 saturated heterocycles. The highest BCUT2D eigenvalue weighted by Crippen LogP contribution is 2.60. The van der Waals surface area contributed by atoms with Crippen molar-refractivity contribution in [2.75, 3.05) is 0 Å². The van der Waals surface area contributed by atoms with Gasteiger partial charge in [-0.1, -0.05) is 0 Å². The molecule has 0 radical (unpaired) electrons. The van der Waals surface area contributed by atoms with Gasteiger partial charge in [-0.25, -0.2) is 0 Å². The van der Waals surface area contributed by atoms with Crippen LogP contribution in [-0.2, 0) is 6.42 Å². The molecule has 0 atom stereocenters. The first-order valence-electron chi connectivity index (χ1n) is 8.51. The minimum absolute atomic E-state index is 0.455. The Bertz CT molecular complexity index is 643. The van der Waals surface area contributed by atoms with E-state index in [4.69, 9.17) is 4.42 Å². The molecule has 4 saturated carbocycles. The van der Waals surface area contributed by atoms with Crippen molar-refractivity contribution in [2.24, 2.45) is 23.2 Å². The number of aromatic nitrogens is 3. The third kappa shape index (κ3) is 2.08. The van der Waals surface area contributed by atoms with E-state index in [1.165, 1.54) is 38.5 Å². The Labute approximate surface area is 130 Å². The predicted molar refractivity (Wildman–Crippen MR) is 81.8 cm³/mol. The van der Waals surface area contributed by atoms with Crippen molar-refractivity contribution in [2.45, 2.75) is 44.9 Å². The third-order valence-electron chi connectivity index (χ3n) is 6.09. The maximum absolute atomic E-state index is 5.96. The summed E-state index contributed by atoms with van der Waals surface area (Å²) in [6.45, 7) is 0. The summed E-state index contributed by atoms with van der Waals surface area (Å²) in [5.41, 5.74) is 1.41. The summed E-state index contributed by atoms with van der Waals surface area (Å²) in [5, 5.41) is 8.57. The van der Waals surface area contributed by atoms with E-state index in [0.29, 0.717) is 11.3 Å². The number of nitrogens with zero attached hydrogens (tertiary/aromatic N) is 3. The zero-order chi connectivity index (χ0) is 14.6. The molecule has 4 bridgehead atoms. The second-order valence-electron chi connectivity index (χ2n) is 7.83. The van der Waals surface area contributed by atoms with Gasteiger partial charge in [0.1, 0.15) is 0 Å². The third-order valence-corrected chi connectivity index (χ3v) is 6.09. The molecule has 4 nitrogen and oxygen atoms in total. The molecule has 6 rings (SSSR count). The summed E-state index contributed by atoms with van der Waals surface area (Å²) in [6.07, 6.45) is 13.1. The molecule has 2 aromatic rings. The molecular weight excluding hydrogens is 274 g/mol. The highest BCUT2D eigenvalue weighted by atomic mass is 16.4. The van der Waals surface area contributed by atoms with E-state index in [2.05, 4.69) is 15.2 Å². The maximum atomic E-state index is 5.96. The monoisotopic (exact) mass is 295 g/mol. The van der Waals surface area contributed by atoms with Crippen LogP contribution in [0.5, 0.6) is 0 Å². The van der Waals surface area contributed by atoms with Gasteiger partial charge >= 0.3 is 0 Å². The Morgan fingerprint density at radius 1 is 0.955 bits per heavy atom. The van der Waals surface area contributed by atoms with Crippen LogP contribution in [0.3, 0.4) is 0 Å². The van der Waals surface area contributed by atoms with Gasteiger partial charge in [0.2, 0.25) is 11.8 Å². The minimum Gasteiger partial charge on any atom is -0.421 e. The Balaban J connectivity index is 1.39. The fourth-order valence-corrected chi connectivity index (χ4v) is 5.76. The lowest BCUT2D eigenvalue weighted by atomic mass is 9.49. The molecular formula is C18H21N3O. The van der Waals surface area contributed by atoms with E-state index in [9.17, 15) is 0 Å². The number of hydrogen-bond acceptors (Lipinski definition) is 4. The fraction of sp³-hybridized carbons (Fsp3) is 0.611. The lowest BCUT2D eigenvalue weighted by Crippen LogP contribution is -2.47. The highest BCUT2D eigenvalue weighted by molar-refractivity contribution is 5.50. The van der Waals surface area contributed by atoms with E-state index in [0.717, 1.165) is 35.6 Å². The first kappa shape index (κ1) is 12.8. The van der Waals surface area contributed by atoms with Crippen molar-refractivity contribution in [3.05, 3.63) is 30.4 Å². The van der Waals surface area contributed by atoms with Crippen molar-refractivity contribution < 1.29 is 4.42 Å². The van der Waals surface area contributed by atoms with Gasteiger partial charge in [-0.15, -0.1) is 10.2 Å². The summed E-state index contributed by atoms with van der Waals surface area (Å²) in [6, 6.07) is 3.84. The first-order chi connectivity index (χ1) is 10.8. The van der Waals surface area contributed by atoms with Gasteiger partial charge in [-0.2, -0.15) is 0 Å². The topological polar surface area (TPSA) is 51.8 Å². The Morgan fingerprint density at radius 3 is 2.23 bits per heavy atom. The highest BCUT2D eigenvalue weighted by Gasteiger charge is 2.51. The number of rotatable bonds is 3. The van der Waals surface area contributed by atoms with Crippen LogP contribution < -0.4 is 0 Å². The van der Waals surface area contributed by atoms with Crippen molar-refractivity contribution in [3.8, 4) is 11.5 Å².